The van der Waals surface area contributed by atoms with Crippen LogP contribution in [0.25, 0.3) is 0 Å². The van der Waals surface area contributed by atoms with Crippen LogP contribution < -0.4 is 10.6 Å². The van der Waals surface area contributed by atoms with Crippen molar-refractivity contribution in [3.05, 3.63) is 29.8 Å². The average Bonchev–Trinajstić information content (AvgIpc) is 2.36. The molecule has 0 bridgehead atoms. The van der Waals surface area contributed by atoms with Crippen molar-refractivity contribution in [1.29, 1.82) is 0 Å². The number of rotatable bonds is 2. The highest BCUT2D eigenvalue weighted by molar-refractivity contribution is 5.99. The number of nitrogens with two attached hydrogens (primary N) is 1. The number of hydrogen-bond acceptors (Lipinski definition) is 2. The van der Waals surface area contributed by atoms with Gasteiger partial charge in [-0.3, -0.25) is 9.59 Å². The lowest BCUT2D eigenvalue weighted by Crippen LogP contribution is -2.49. The van der Waals surface area contributed by atoms with Gasteiger partial charge in [-0.1, -0.05) is 18.2 Å². The van der Waals surface area contributed by atoms with Gasteiger partial charge >= 0.3 is 12.1 Å². The van der Waals surface area contributed by atoms with Crippen LogP contribution in [-0.2, 0) is 9.59 Å². The lowest BCUT2D eigenvalue weighted by atomic mass is 9.83. The van der Waals surface area contributed by atoms with E-state index in [-0.39, 0.29) is 24.4 Å². The number of nitrogens with zero attached hydrogens (tertiary/aromatic N) is 1. The van der Waals surface area contributed by atoms with Crippen molar-refractivity contribution in [3.63, 3.8) is 0 Å². The Labute approximate surface area is 119 Å². The fourth-order valence-corrected chi connectivity index (χ4v) is 2.82. The zero-order valence-electron chi connectivity index (χ0n) is 11.4. The van der Waals surface area contributed by atoms with Crippen molar-refractivity contribution in [2.45, 2.75) is 37.9 Å². The molecule has 21 heavy (non-hydrogen) atoms. The zero-order chi connectivity index (χ0) is 15.8. The molecule has 1 heterocycles. The fraction of sp³-hybridized carbons (Fsp3) is 0.429. The highest BCUT2D eigenvalue weighted by Gasteiger charge is 2.47. The minimum Gasteiger partial charge on any atom is -0.370 e. The number of amides is 2. The Morgan fingerprint density at radius 1 is 1.33 bits per heavy atom. The minimum atomic E-state index is -4.93. The number of benzene rings is 1. The third kappa shape index (κ3) is 3.01. The van der Waals surface area contributed by atoms with Crippen LogP contribution in [0.5, 0.6) is 0 Å². The van der Waals surface area contributed by atoms with Gasteiger partial charge in [-0.2, -0.15) is 13.2 Å². The molecular weight excluding hydrogens is 285 g/mol. The van der Waals surface area contributed by atoms with Crippen LogP contribution >= 0.6 is 0 Å². The Morgan fingerprint density at radius 2 is 1.95 bits per heavy atom. The molecule has 7 heteroatoms. The quantitative estimate of drug-likeness (QED) is 0.911. The summed E-state index contributed by atoms with van der Waals surface area (Å²) < 4.78 is 38.2. The number of primary amides is 1. The topological polar surface area (TPSA) is 63.4 Å². The van der Waals surface area contributed by atoms with Gasteiger partial charge in [-0.25, -0.2) is 0 Å². The van der Waals surface area contributed by atoms with E-state index in [9.17, 15) is 22.8 Å². The van der Waals surface area contributed by atoms with Gasteiger partial charge in [0.05, 0.1) is 0 Å². The number of anilines is 1. The average molecular weight is 300 g/mol. The van der Waals surface area contributed by atoms with E-state index in [2.05, 4.69) is 0 Å². The predicted molar refractivity (Wildman–Crippen MR) is 70.6 cm³/mol. The molecule has 2 N–H and O–H groups in total. The van der Waals surface area contributed by atoms with Gasteiger partial charge in [0, 0.05) is 18.2 Å². The van der Waals surface area contributed by atoms with Crippen molar-refractivity contribution in [2.24, 2.45) is 5.73 Å². The summed E-state index contributed by atoms with van der Waals surface area (Å²) in [5, 5.41) is 0. The highest BCUT2D eigenvalue weighted by atomic mass is 19.4. The van der Waals surface area contributed by atoms with E-state index in [1.807, 2.05) is 0 Å². The summed E-state index contributed by atoms with van der Waals surface area (Å²) in [6.07, 6.45) is -4.62. The van der Waals surface area contributed by atoms with E-state index in [0.717, 1.165) is 4.90 Å². The van der Waals surface area contributed by atoms with E-state index in [1.54, 1.807) is 18.2 Å². The first-order valence-corrected chi connectivity index (χ1v) is 6.49. The predicted octanol–water partition coefficient (Wildman–Crippen LogP) is 2.33. The van der Waals surface area contributed by atoms with Gasteiger partial charge < -0.3 is 10.6 Å². The van der Waals surface area contributed by atoms with Crippen molar-refractivity contribution in [1.82, 2.24) is 0 Å². The molecule has 114 valence electrons. The van der Waals surface area contributed by atoms with Gasteiger partial charge in [0.25, 0.3) is 0 Å². The molecular formula is C14H15F3N2O2. The molecule has 1 aliphatic heterocycles. The molecule has 0 fully saturated rings. The van der Waals surface area contributed by atoms with Crippen molar-refractivity contribution < 1.29 is 22.8 Å². The maximum Gasteiger partial charge on any atom is 0.471 e. The van der Waals surface area contributed by atoms with Crippen LogP contribution in [0.15, 0.2) is 24.3 Å². The minimum absolute atomic E-state index is 0.0510. The molecule has 2 atom stereocenters. The number of hydrogen-bond donors (Lipinski definition) is 1. The van der Waals surface area contributed by atoms with Crippen LogP contribution in [-0.4, -0.2) is 24.0 Å². The number of carbonyl (C=O) groups excluding carboxylic acids is 2. The maximum absolute atomic E-state index is 12.7. The van der Waals surface area contributed by atoms with Gasteiger partial charge in [0.15, 0.2) is 0 Å². The van der Waals surface area contributed by atoms with E-state index >= 15 is 0 Å². The second kappa shape index (κ2) is 5.38. The van der Waals surface area contributed by atoms with Gasteiger partial charge in [0.1, 0.15) is 0 Å². The summed E-state index contributed by atoms with van der Waals surface area (Å²) in [6, 6.07) is 5.67. The lowest BCUT2D eigenvalue weighted by molar-refractivity contribution is -0.171. The molecule has 1 aliphatic rings. The Kier molecular flexibility index (Phi) is 3.93. The molecule has 4 nitrogen and oxygen atoms in total. The summed E-state index contributed by atoms with van der Waals surface area (Å²) in [5.41, 5.74) is 5.94. The Balaban J connectivity index is 2.45. The first kappa shape index (κ1) is 15.3. The first-order chi connectivity index (χ1) is 9.71. The molecule has 0 aliphatic carbocycles. The molecule has 0 spiro atoms. The monoisotopic (exact) mass is 300 g/mol. The third-order valence-electron chi connectivity index (χ3n) is 3.61. The van der Waals surface area contributed by atoms with E-state index in [0.29, 0.717) is 5.56 Å². The maximum atomic E-state index is 12.7. The largest absolute Gasteiger partial charge is 0.471 e. The van der Waals surface area contributed by atoms with Gasteiger partial charge in [-0.05, 0) is 30.9 Å². The number of halogens is 3. The second-order valence-electron chi connectivity index (χ2n) is 5.18. The molecule has 0 saturated heterocycles. The molecule has 0 radical (unpaired) electrons. The SMILES string of the molecule is CC1CC(CC(N)=O)c2ccccc2N1C(=O)C(F)(F)F. The summed E-state index contributed by atoms with van der Waals surface area (Å²) >= 11 is 0. The van der Waals surface area contributed by atoms with Crippen LogP contribution in [0.3, 0.4) is 0 Å². The molecule has 2 unspecified atom stereocenters. The number of carbonyl (C=O) groups is 2. The van der Waals surface area contributed by atoms with Crippen LogP contribution in [0, 0.1) is 0 Å². The Hall–Kier alpha value is -2.05. The molecule has 2 rings (SSSR count). The first-order valence-electron chi connectivity index (χ1n) is 6.49. The van der Waals surface area contributed by atoms with Crippen molar-refractivity contribution >= 4 is 17.5 Å². The number of alkyl halides is 3. The number of para-hydroxylation sites is 1. The Bertz CT molecular complexity index is 572. The molecule has 2 amide bonds. The van der Waals surface area contributed by atoms with Gasteiger partial charge in [-0.15, -0.1) is 0 Å². The Morgan fingerprint density at radius 3 is 2.52 bits per heavy atom. The third-order valence-corrected chi connectivity index (χ3v) is 3.61. The van der Waals surface area contributed by atoms with Crippen LogP contribution in [0.2, 0.25) is 0 Å². The van der Waals surface area contributed by atoms with Crippen molar-refractivity contribution in [2.75, 3.05) is 4.90 Å². The van der Waals surface area contributed by atoms with E-state index in [4.69, 9.17) is 5.73 Å². The molecule has 1 aromatic rings. The smallest absolute Gasteiger partial charge is 0.370 e. The zero-order valence-corrected chi connectivity index (χ0v) is 11.4. The van der Waals surface area contributed by atoms with Gasteiger partial charge in [0.2, 0.25) is 5.91 Å². The molecule has 0 aromatic heterocycles. The highest BCUT2D eigenvalue weighted by Crippen LogP contribution is 2.41. The normalized spacial score (nSPS) is 21.8. The van der Waals surface area contributed by atoms with Crippen molar-refractivity contribution in [3.8, 4) is 0 Å². The van der Waals surface area contributed by atoms with E-state index in [1.165, 1.54) is 13.0 Å². The summed E-state index contributed by atoms with van der Waals surface area (Å²) in [5.74, 6) is -2.68. The van der Waals surface area contributed by atoms with Crippen LogP contribution in [0.1, 0.15) is 31.2 Å². The van der Waals surface area contributed by atoms with E-state index < -0.39 is 24.0 Å². The summed E-state index contributed by atoms with van der Waals surface area (Å²) in [6.45, 7) is 1.54. The molecule has 0 saturated carbocycles. The fourth-order valence-electron chi connectivity index (χ4n) is 2.82. The summed E-state index contributed by atoms with van der Waals surface area (Å²) in [7, 11) is 0. The number of fused-ring (bicyclic) bond motifs is 1. The lowest BCUT2D eigenvalue weighted by Gasteiger charge is -2.39. The van der Waals surface area contributed by atoms with Crippen LogP contribution in [0.4, 0.5) is 18.9 Å². The summed E-state index contributed by atoms with van der Waals surface area (Å²) in [4.78, 5) is 23.5. The standard InChI is InChI=1S/C14H15F3N2O2/c1-8-6-9(7-12(18)20)10-4-2-3-5-11(10)19(8)13(21)14(15,16)17/h2-5,8-9H,6-7H2,1H3,(H2,18,20). The molecule has 1 aromatic carbocycles. The second-order valence-corrected chi connectivity index (χ2v) is 5.18.